The molecule has 3 aliphatic carbocycles. The molecule has 0 atom stereocenters. The van der Waals surface area contributed by atoms with Crippen molar-refractivity contribution in [3.63, 3.8) is 0 Å². The van der Waals surface area contributed by atoms with Crippen molar-refractivity contribution in [2.45, 2.75) is 24.7 Å². The summed E-state index contributed by atoms with van der Waals surface area (Å²) in [5.74, 6) is -2.16. The van der Waals surface area contributed by atoms with Gasteiger partial charge in [0, 0.05) is 22.9 Å². The van der Waals surface area contributed by atoms with Crippen molar-refractivity contribution in [3.05, 3.63) is 35.1 Å². The van der Waals surface area contributed by atoms with Gasteiger partial charge in [-0.1, -0.05) is 0 Å². The van der Waals surface area contributed by atoms with Crippen molar-refractivity contribution < 1.29 is 13.2 Å². The fraction of sp³-hybridized carbons (Fsp3) is 0.500. The molecular weight excluding hydrogens is 237 g/mol. The van der Waals surface area contributed by atoms with Gasteiger partial charge in [0.15, 0.2) is 11.6 Å². The largest absolute Gasteiger partial charge is 0.207 e. The van der Waals surface area contributed by atoms with Crippen LogP contribution in [0.25, 0.3) is 0 Å². The molecule has 1 aromatic carbocycles. The maximum atomic E-state index is 13.6. The van der Waals surface area contributed by atoms with E-state index in [1.807, 2.05) is 0 Å². The Bertz CT molecular complexity index is 450. The highest BCUT2D eigenvalue weighted by atomic mass is 35.5. The molecular formula is C12H10ClF3. The Morgan fingerprint density at radius 2 is 1.75 bits per heavy atom. The molecule has 3 fully saturated rings. The Labute approximate surface area is 96.4 Å². The third-order valence-corrected chi connectivity index (χ3v) is 4.55. The molecule has 0 nitrogen and oxygen atoms in total. The van der Waals surface area contributed by atoms with E-state index in [1.165, 1.54) is 0 Å². The van der Waals surface area contributed by atoms with Crippen LogP contribution in [0, 0.1) is 22.9 Å². The lowest BCUT2D eigenvalue weighted by molar-refractivity contribution is -0.124. The molecule has 0 radical (unpaired) electrons. The van der Waals surface area contributed by atoms with E-state index in [0.717, 1.165) is 25.3 Å². The van der Waals surface area contributed by atoms with Crippen LogP contribution in [0.2, 0.25) is 0 Å². The fourth-order valence-electron chi connectivity index (χ4n) is 3.37. The van der Waals surface area contributed by atoms with Crippen LogP contribution in [-0.2, 0) is 5.41 Å². The lowest BCUT2D eigenvalue weighted by atomic mass is 9.34. The van der Waals surface area contributed by atoms with Gasteiger partial charge in [0.1, 0.15) is 5.82 Å². The van der Waals surface area contributed by atoms with E-state index in [9.17, 15) is 13.2 Å². The lowest BCUT2D eigenvalue weighted by Gasteiger charge is -2.70. The Kier molecular flexibility index (Phi) is 1.93. The van der Waals surface area contributed by atoms with Gasteiger partial charge in [-0.05, 0) is 30.7 Å². The van der Waals surface area contributed by atoms with E-state index in [0.29, 0.717) is 11.9 Å². The van der Waals surface area contributed by atoms with Gasteiger partial charge in [0.2, 0.25) is 0 Å². The molecule has 16 heavy (non-hydrogen) atoms. The summed E-state index contributed by atoms with van der Waals surface area (Å²) in [6, 6.07) is 1.71. The van der Waals surface area contributed by atoms with Crippen molar-refractivity contribution >= 4 is 11.6 Å². The van der Waals surface area contributed by atoms with Gasteiger partial charge >= 0.3 is 0 Å². The molecule has 0 saturated heterocycles. The molecule has 0 aliphatic heterocycles. The summed E-state index contributed by atoms with van der Waals surface area (Å²) in [7, 11) is 0. The smallest absolute Gasteiger partial charge is 0.162 e. The third-order valence-electron chi connectivity index (χ3n) is 3.99. The molecule has 0 spiro atoms. The van der Waals surface area contributed by atoms with Crippen molar-refractivity contribution in [3.8, 4) is 0 Å². The molecule has 2 bridgehead atoms. The van der Waals surface area contributed by atoms with Crippen molar-refractivity contribution in [2.24, 2.45) is 5.41 Å². The van der Waals surface area contributed by atoms with Gasteiger partial charge in [-0.25, -0.2) is 13.2 Å². The van der Waals surface area contributed by atoms with E-state index in [-0.39, 0.29) is 16.4 Å². The predicted molar refractivity (Wildman–Crippen MR) is 55.0 cm³/mol. The fourth-order valence-corrected chi connectivity index (χ4v) is 3.65. The van der Waals surface area contributed by atoms with E-state index < -0.39 is 17.5 Å². The van der Waals surface area contributed by atoms with Crippen LogP contribution in [0.3, 0.4) is 0 Å². The normalized spacial score (nSPS) is 35.5. The average molecular weight is 247 g/mol. The maximum Gasteiger partial charge on any atom is 0.162 e. The van der Waals surface area contributed by atoms with Gasteiger partial charge in [-0.15, -0.1) is 11.6 Å². The molecule has 3 aliphatic rings. The van der Waals surface area contributed by atoms with Crippen LogP contribution in [0.15, 0.2) is 12.1 Å². The zero-order chi connectivity index (χ0) is 11.6. The maximum absolute atomic E-state index is 13.6. The minimum Gasteiger partial charge on any atom is -0.207 e. The third kappa shape index (κ3) is 1.12. The van der Waals surface area contributed by atoms with Gasteiger partial charge in [0.05, 0.1) is 0 Å². The first-order valence-corrected chi connectivity index (χ1v) is 5.75. The Balaban J connectivity index is 1.98. The molecule has 4 rings (SSSR count). The molecule has 3 saturated carbocycles. The molecule has 4 heteroatoms. The van der Waals surface area contributed by atoms with Crippen LogP contribution < -0.4 is 0 Å². The van der Waals surface area contributed by atoms with Gasteiger partial charge < -0.3 is 0 Å². The van der Waals surface area contributed by atoms with Gasteiger partial charge in [-0.2, -0.15) is 0 Å². The molecule has 0 amide bonds. The van der Waals surface area contributed by atoms with E-state index in [2.05, 4.69) is 0 Å². The standard InChI is InChI=1S/C12H10ClF3/c13-6-11-3-12(4-11,5-11)8-1-7(14)2-9(15)10(8)16/h1-2H,3-6H2. The first kappa shape index (κ1) is 10.5. The van der Waals surface area contributed by atoms with Crippen LogP contribution in [0.4, 0.5) is 13.2 Å². The Hall–Kier alpha value is -0.700. The second-order valence-electron chi connectivity index (χ2n) is 5.19. The Morgan fingerprint density at radius 1 is 1.12 bits per heavy atom. The van der Waals surface area contributed by atoms with Crippen molar-refractivity contribution in [2.75, 3.05) is 5.88 Å². The summed E-state index contributed by atoms with van der Waals surface area (Å²) >= 11 is 5.79. The number of hydrogen-bond acceptors (Lipinski definition) is 0. The van der Waals surface area contributed by atoms with Gasteiger partial charge in [-0.3, -0.25) is 0 Å². The SMILES string of the molecule is Fc1cc(F)c(F)c(C23CC(CCl)(C2)C3)c1. The van der Waals surface area contributed by atoms with Crippen molar-refractivity contribution in [1.82, 2.24) is 0 Å². The van der Waals surface area contributed by atoms with E-state index in [1.54, 1.807) is 0 Å². The van der Waals surface area contributed by atoms with Gasteiger partial charge in [0.25, 0.3) is 0 Å². The molecule has 0 N–H and O–H groups in total. The Morgan fingerprint density at radius 3 is 2.31 bits per heavy atom. The molecule has 0 unspecified atom stereocenters. The molecule has 1 aromatic rings. The first-order valence-electron chi connectivity index (χ1n) is 5.21. The summed E-state index contributed by atoms with van der Waals surface area (Å²) in [6.07, 6.45) is 2.26. The van der Waals surface area contributed by atoms with Crippen molar-refractivity contribution in [1.29, 1.82) is 0 Å². The molecule has 86 valence electrons. The predicted octanol–water partition coefficient (Wildman–Crippen LogP) is 3.76. The molecule has 0 aromatic heterocycles. The summed E-state index contributed by atoms with van der Waals surface area (Å²) in [5, 5.41) is 0. The van der Waals surface area contributed by atoms with E-state index >= 15 is 0 Å². The summed E-state index contributed by atoms with van der Waals surface area (Å²) < 4.78 is 39.7. The average Bonchev–Trinajstić information content (AvgIpc) is 2.09. The topological polar surface area (TPSA) is 0 Å². The number of halogens is 4. The second kappa shape index (κ2) is 2.95. The highest BCUT2D eigenvalue weighted by molar-refractivity contribution is 6.18. The highest BCUT2D eigenvalue weighted by Crippen LogP contribution is 2.74. The van der Waals surface area contributed by atoms with Crippen LogP contribution in [0.1, 0.15) is 24.8 Å². The number of benzene rings is 1. The van der Waals surface area contributed by atoms with Crippen LogP contribution >= 0.6 is 11.6 Å². The number of alkyl halides is 1. The zero-order valence-electron chi connectivity index (χ0n) is 8.49. The molecule has 0 heterocycles. The highest BCUT2D eigenvalue weighted by Gasteiger charge is 2.68. The monoisotopic (exact) mass is 246 g/mol. The lowest BCUT2D eigenvalue weighted by Crippen LogP contribution is -2.65. The van der Waals surface area contributed by atoms with E-state index in [4.69, 9.17) is 11.6 Å². The quantitative estimate of drug-likeness (QED) is 0.551. The zero-order valence-corrected chi connectivity index (χ0v) is 9.25. The summed E-state index contributed by atoms with van der Waals surface area (Å²) in [4.78, 5) is 0. The minimum absolute atomic E-state index is 0.108. The minimum atomic E-state index is -1.10. The summed E-state index contributed by atoms with van der Waals surface area (Å²) in [5.41, 5.74) is -0.0457. The number of rotatable bonds is 2. The number of hydrogen-bond donors (Lipinski definition) is 0. The van der Waals surface area contributed by atoms with Crippen LogP contribution in [-0.4, -0.2) is 5.88 Å². The second-order valence-corrected chi connectivity index (χ2v) is 5.46. The van der Waals surface area contributed by atoms with Crippen LogP contribution in [0.5, 0.6) is 0 Å². The first-order chi connectivity index (χ1) is 7.50. The summed E-state index contributed by atoms with van der Waals surface area (Å²) in [6.45, 7) is 0.